The van der Waals surface area contributed by atoms with E-state index in [4.69, 9.17) is 0 Å². The van der Waals surface area contributed by atoms with Crippen molar-refractivity contribution in [3.05, 3.63) is 95.1 Å². The molecule has 0 nitrogen and oxygen atoms in total. The van der Waals surface area contributed by atoms with E-state index in [0.29, 0.717) is 4.22 Å². The van der Waals surface area contributed by atoms with Crippen LogP contribution in [-0.4, -0.2) is 0 Å². The number of hydrogen-bond donors (Lipinski definition) is 0. The van der Waals surface area contributed by atoms with E-state index in [1.165, 1.54) is 27.8 Å². The minimum atomic E-state index is -0.220. The summed E-state index contributed by atoms with van der Waals surface area (Å²) in [6.07, 6.45) is 5.84. The van der Waals surface area contributed by atoms with Crippen LogP contribution in [0.2, 0.25) is 0 Å². The van der Waals surface area contributed by atoms with Crippen LogP contribution in [0.3, 0.4) is 0 Å². The van der Waals surface area contributed by atoms with Crippen molar-refractivity contribution in [3.63, 3.8) is 0 Å². The minimum absolute atomic E-state index is 0. The monoisotopic (exact) mass is 709 g/mol. The standard InChI is InChI=1S/C13H9.C9H7.3HI.Ti/c1-3-7-12-10(5-1)9-11-6-2-4-8-13(11)12;1-2-5-9-7-3-6-8(9)4-1;;;;/h1-5,7-8H,9H2;1-7H;3*1H;/q;;;;;+3/p-3. The Balaban J connectivity index is 0.000000810. The van der Waals surface area contributed by atoms with Crippen LogP contribution >= 0.6 is 0 Å². The molecule has 0 radical (unpaired) electrons. The molecule has 2 aliphatic rings. The van der Waals surface area contributed by atoms with Crippen LogP contribution in [0.1, 0.15) is 26.5 Å². The van der Waals surface area contributed by atoms with E-state index >= 15 is 0 Å². The second kappa shape index (κ2) is 9.68. The fourth-order valence-corrected chi connectivity index (χ4v) is 6.23. The zero-order valence-corrected chi connectivity index (χ0v) is 22.0. The molecule has 0 bridgehead atoms. The average Bonchev–Trinajstić information content (AvgIpc) is 3.17. The largest absolute Gasteiger partial charge is 1.00 e. The molecule has 1 unspecified atom stereocenters. The van der Waals surface area contributed by atoms with Crippen molar-refractivity contribution in [2.24, 2.45) is 0 Å². The van der Waals surface area contributed by atoms with Crippen molar-refractivity contribution in [1.29, 1.82) is 0 Å². The summed E-state index contributed by atoms with van der Waals surface area (Å²) in [4.78, 5) is 0. The zero-order chi connectivity index (χ0) is 15.2. The van der Waals surface area contributed by atoms with Crippen LogP contribution in [0.5, 0.6) is 0 Å². The summed E-state index contributed by atoms with van der Waals surface area (Å²) in [5.74, 6) is 0. The predicted molar refractivity (Wildman–Crippen MR) is 92.5 cm³/mol. The number of allylic oxidation sites excluding steroid dienone is 1. The van der Waals surface area contributed by atoms with Gasteiger partial charge < -0.3 is 71.9 Å². The third kappa shape index (κ3) is 4.02. The number of halogens is 3. The van der Waals surface area contributed by atoms with Gasteiger partial charge in [-0.15, -0.1) is 0 Å². The Morgan fingerprint density at radius 1 is 0.731 bits per heavy atom. The number of hydrogen-bond acceptors (Lipinski definition) is 0. The topological polar surface area (TPSA) is 0 Å². The molecule has 3 aromatic rings. The van der Waals surface area contributed by atoms with Gasteiger partial charge in [-0.05, 0) is 0 Å². The van der Waals surface area contributed by atoms with Crippen molar-refractivity contribution >= 4 is 9.94 Å². The molecule has 0 heterocycles. The first-order valence-corrected chi connectivity index (χ1v) is 9.82. The summed E-state index contributed by atoms with van der Waals surface area (Å²) >= 11 is -0.220. The second-order valence-corrected chi connectivity index (χ2v) is 8.54. The molecule has 0 aliphatic heterocycles. The molecular weight excluding hydrogens is 693 g/mol. The Morgan fingerprint density at radius 2 is 1.46 bits per heavy atom. The third-order valence-corrected chi connectivity index (χ3v) is 7.45. The Labute approximate surface area is 215 Å². The molecule has 26 heavy (non-hydrogen) atoms. The van der Waals surface area contributed by atoms with Gasteiger partial charge in [0.15, 0.2) is 0 Å². The summed E-state index contributed by atoms with van der Waals surface area (Å²) < 4.78 is 2.27. The van der Waals surface area contributed by atoms with Gasteiger partial charge in [0.2, 0.25) is 0 Å². The first-order valence-electron chi connectivity index (χ1n) is 8.14. The van der Waals surface area contributed by atoms with Gasteiger partial charge in [0.25, 0.3) is 0 Å². The van der Waals surface area contributed by atoms with Crippen molar-refractivity contribution < 1.29 is 91.1 Å². The molecule has 5 rings (SSSR count). The maximum absolute atomic E-state index is 2.42. The van der Waals surface area contributed by atoms with Gasteiger partial charge >= 0.3 is 146 Å². The van der Waals surface area contributed by atoms with E-state index in [1.807, 2.05) is 0 Å². The fraction of sp³-hybridized carbons (Fsp3) is 0.0909. The average molecular weight is 709 g/mol. The van der Waals surface area contributed by atoms with Crippen LogP contribution in [0.4, 0.5) is 0 Å². The van der Waals surface area contributed by atoms with E-state index in [2.05, 4.69) is 78.9 Å². The van der Waals surface area contributed by atoms with Gasteiger partial charge in [-0.2, -0.15) is 0 Å². The maximum Gasteiger partial charge on any atom is -1.00 e. The van der Waals surface area contributed by atoms with Crippen LogP contribution in [-0.2, 0) is 25.6 Å². The van der Waals surface area contributed by atoms with Crippen molar-refractivity contribution in [3.8, 4) is 11.1 Å². The Hall–Kier alpha value is 0.304. The molecule has 0 amide bonds. The summed E-state index contributed by atoms with van der Waals surface area (Å²) in [5, 5.41) is 0. The third-order valence-electron chi connectivity index (χ3n) is 4.96. The Kier molecular flexibility index (Phi) is 8.41. The molecule has 3 aromatic carbocycles. The quantitative estimate of drug-likeness (QED) is 0.147. The van der Waals surface area contributed by atoms with Gasteiger partial charge in [0, 0.05) is 0 Å². The molecule has 0 N–H and O–H groups in total. The Bertz CT molecular complexity index is 950. The first-order chi connectivity index (χ1) is 11.4. The van der Waals surface area contributed by atoms with Crippen molar-refractivity contribution in [2.45, 2.75) is 10.6 Å². The molecular formula is C22H16I3Ti. The van der Waals surface area contributed by atoms with Gasteiger partial charge in [0.1, 0.15) is 0 Å². The number of benzene rings is 3. The second-order valence-electron chi connectivity index (χ2n) is 6.28. The summed E-state index contributed by atoms with van der Waals surface area (Å²) in [6.45, 7) is 0. The zero-order valence-electron chi connectivity index (χ0n) is 13.9. The van der Waals surface area contributed by atoms with Crippen LogP contribution < -0.4 is 75.8 Å². The molecule has 129 valence electrons. The van der Waals surface area contributed by atoms with E-state index in [9.17, 15) is 0 Å². The molecule has 1 atom stereocenters. The summed E-state index contributed by atoms with van der Waals surface area (Å²) in [5.41, 5.74) is 8.93. The maximum atomic E-state index is 2.42. The van der Waals surface area contributed by atoms with E-state index in [0.717, 1.165) is 6.42 Å². The van der Waals surface area contributed by atoms with Gasteiger partial charge in [-0.25, -0.2) is 0 Å². The minimum Gasteiger partial charge on any atom is -1.00 e. The predicted octanol–water partition coefficient (Wildman–Crippen LogP) is -4.25. The SMILES string of the molecule is C1=C[CH]([Ti+3][c]2cccc3c2Cc2ccccc2-3)c2ccccc21.[I-].[I-].[I-]. The molecule has 0 aromatic heterocycles. The number of rotatable bonds is 2. The van der Waals surface area contributed by atoms with Gasteiger partial charge in [0.05, 0.1) is 0 Å². The van der Waals surface area contributed by atoms with Crippen LogP contribution in [0, 0.1) is 0 Å². The normalized spacial score (nSPS) is 14.7. The van der Waals surface area contributed by atoms with Crippen LogP contribution in [0.25, 0.3) is 17.2 Å². The van der Waals surface area contributed by atoms with Gasteiger partial charge in [-0.1, -0.05) is 0 Å². The smallest absolute Gasteiger partial charge is 1.00 e. The molecule has 2 aliphatic carbocycles. The van der Waals surface area contributed by atoms with Crippen molar-refractivity contribution in [1.82, 2.24) is 0 Å². The van der Waals surface area contributed by atoms with Gasteiger partial charge in [-0.3, -0.25) is 0 Å². The summed E-state index contributed by atoms with van der Waals surface area (Å²) in [6, 6.07) is 24.7. The van der Waals surface area contributed by atoms with Crippen LogP contribution in [0.15, 0.2) is 72.8 Å². The van der Waals surface area contributed by atoms with Crippen molar-refractivity contribution in [2.75, 3.05) is 0 Å². The molecule has 0 saturated carbocycles. The molecule has 0 spiro atoms. The fourth-order valence-electron chi connectivity index (χ4n) is 3.84. The van der Waals surface area contributed by atoms with E-state index in [1.54, 1.807) is 9.43 Å². The number of fused-ring (bicyclic) bond motifs is 4. The van der Waals surface area contributed by atoms with E-state index in [-0.39, 0.29) is 91.1 Å². The first kappa shape index (κ1) is 22.6. The molecule has 4 heteroatoms. The summed E-state index contributed by atoms with van der Waals surface area (Å²) in [7, 11) is 0. The Morgan fingerprint density at radius 3 is 2.35 bits per heavy atom. The molecule has 0 fully saturated rings. The van der Waals surface area contributed by atoms with E-state index < -0.39 is 0 Å². The molecule has 0 saturated heterocycles.